The van der Waals surface area contributed by atoms with Gasteiger partial charge in [-0.2, -0.15) is 0 Å². The molecule has 1 aliphatic rings. The third-order valence-corrected chi connectivity index (χ3v) is 8.39. The van der Waals surface area contributed by atoms with Crippen molar-refractivity contribution in [3.63, 3.8) is 0 Å². The molecule has 47 heavy (non-hydrogen) atoms. The van der Waals surface area contributed by atoms with Crippen LogP contribution in [0.3, 0.4) is 0 Å². The van der Waals surface area contributed by atoms with Crippen LogP contribution in [0.1, 0.15) is 27.8 Å². The van der Waals surface area contributed by atoms with E-state index >= 15 is 0 Å². The largest absolute Gasteiger partial charge is 0.387 e. The number of hydrogen-bond donors (Lipinski definition) is 1. The van der Waals surface area contributed by atoms with Crippen LogP contribution in [-0.4, -0.2) is 41.7 Å². The Morgan fingerprint density at radius 3 is 0.723 bits per heavy atom. The lowest BCUT2D eigenvalue weighted by molar-refractivity contribution is -0.283. The van der Waals surface area contributed by atoms with Crippen molar-refractivity contribution in [3.05, 3.63) is 179 Å². The Hall–Kier alpha value is -4.14. The molecule has 0 spiro atoms. The molecule has 5 aromatic rings. The van der Waals surface area contributed by atoms with Gasteiger partial charge in [0, 0.05) is 0 Å². The molecule has 0 radical (unpaired) electrons. The second kappa shape index (κ2) is 17.1. The molecule has 0 saturated heterocycles. The smallest absolute Gasteiger partial charge is 0.116 e. The van der Waals surface area contributed by atoms with E-state index in [9.17, 15) is 5.11 Å². The predicted molar refractivity (Wildman–Crippen MR) is 181 cm³/mol. The molecule has 5 aromatic carbocycles. The molecule has 6 rings (SSSR count). The molecule has 2 unspecified atom stereocenters. The van der Waals surface area contributed by atoms with Crippen molar-refractivity contribution in [2.24, 2.45) is 0 Å². The molecule has 0 aliphatic heterocycles. The second-order valence-corrected chi connectivity index (χ2v) is 11.8. The van der Waals surface area contributed by atoms with Crippen molar-refractivity contribution in [2.75, 3.05) is 0 Å². The first-order chi connectivity index (χ1) is 23.2. The minimum atomic E-state index is -1.07. The minimum absolute atomic E-state index is 0.292. The van der Waals surface area contributed by atoms with Crippen molar-refractivity contribution in [3.8, 4) is 0 Å². The van der Waals surface area contributed by atoms with Crippen LogP contribution in [0.5, 0.6) is 0 Å². The highest BCUT2D eigenvalue weighted by Gasteiger charge is 2.54. The van der Waals surface area contributed by atoms with Gasteiger partial charge in [-0.25, -0.2) is 0 Å². The summed E-state index contributed by atoms with van der Waals surface area (Å²) in [5.74, 6) is 0. The van der Waals surface area contributed by atoms with Gasteiger partial charge in [-0.1, -0.05) is 152 Å². The molecule has 0 heterocycles. The molecule has 6 heteroatoms. The van der Waals surface area contributed by atoms with E-state index in [-0.39, 0.29) is 0 Å². The van der Waals surface area contributed by atoms with E-state index in [1.165, 1.54) is 0 Å². The van der Waals surface area contributed by atoms with E-state index in [2.05, 4.69) is 0 Å². The maximum atomic E-state index is 12.2. The molecule has 1 saturated carbocycles. The first kappa shape index (κ1) is 32.8. The first-order valence-electron chi connectivity index (χ1n) is 16.2. The zero-order chi connectivity index (χ0) is 32.1. The lowest BCUT2D eigenvalue weighted by atomic mass is 9.83. The average molecular weight is 631 g/mol. The van der Waals surface area contributed by atoms with E-state index in [0.717, 1.165) is 27.8 Å². The van der Waals surface area contributed by atoms with Crippen molar-refractivity contribution < 1.29 is 28.8 Å². The zero-order valence-corrected chi connectivity index (χ0v) is 26.4. The Balaban J connectivity index is 1.35. The normalized spacial score (nSPS) is 22.6. The highest BCUT2D eigenvalue weighted by Crippen LogP contribution is 2.35. The van der Waals surface area contributed by atoms with Gasteiger partial charge in [0.05, 0.1) is 33.0 Å². The molecule has 1 fully saturated rings. The highest BCUT2D eigenvalue weighted by molar-refractivity contribution is 5.18. The quantitative estimate of drug-likeness (QED) is 0.131. The maximum Gasteiger partial charge on any atom is 0.116 e. The molecule has 0 amide bonds. The summed E-state index contributed by atoms with van der Waals surface area (Å²) in [4.78, 5) is 0. The molecular formula is C41H42O6. The van der Waals surface area contributed by atoms with Crippen LogP contribution < -0.4 is 0 Å². The van der Waals surface area contributed by atoms with Gasteiger partial charge < -0.3 is 28.8 Å². The topological polar surface area (TPSA) is 66.4 Å². The van der Waals surface area contributed by atoms with Gasteiger partial charge in [0.15, 0.2) is 0 Å². The van der Waals surface area contributed by atoms with E-state index in [1.54, 1.807) is 0 Å². The molecule has 0 aromatic heterocycles. The van der Waals surface area contributed by atoms with Crippen LogP contribution in [0.4, 0.5) is 0 Å². The monoisotopic (exact) mass is 630 g/mol. The molecular weight excluding hydrogens is 588 g/mol. The Labute approximate surface area is 277 Å². The van der Waals surface area contributed by atoms with Crippen LogP contribution in [0.2, 0.25) is 0 Å². The standard InChI is InChI=1S/C41H42O6/c42-36-37(43-26-31-16-6-1-7-17-31)39(45-28-33-20-10-3-11-21-33)41(47-30-35-24-14-5-15-25-35)40(46-29-34-22-12-4-13-23-34)38(36)44-27-32-18-8-2-9-19-32/h1-25,36-42H,26-30H2/t36?,37-,38+,39+,40-,41?. The van der Waals surface area contributed by atoms with Crippen LogP contribution in [0.25, 0.3) is 0 Å². The third-order valence-electron chi connectivity index (χ3n) is 8.39. The van der Waals surface area contributed by atoms with Gasteiger partial charge in [-0.05, 0) is 27.8 Å². The summed E-state index contributed by atoms with van der Waals surface area (Å²) < 4.78 is 33.3. The van der Waals surface area contributed by atoms with Gasteiger partial charge >= 0.3 is 0 Å². The fourth-order valence-corrected chi connectivity index (χ4v) is 5.93. The van der Waals surface area contributed by atoms with Crippen LogP contribution >= 0.6 is 0 Å². The number of benzene rings is 5. The van der Waals surface area contributed by atoms with Crippen molar-refractivity contribution in [1.82, 2.24) is 0 Å². The molecule has 0 bridgehead atoms. The van der Waals surface area contributed by atoms with Crippen LogP contribution in [0, 0.1) is 0 Å². The summed E-state index contributed by atoms with van der Waals surface area (Å²) in [5.41, 5.74) is 5.02. The number of ether oxygens (including phenoxy) is 5. The first-order valence-corrected chi connectivity index (χ1v) is 16.2. The van der Waals surface area contributed by atoms with E-state index in [0.29, 0.717) is 33.0 Å². The van der Waals surface area contributed by atoms with Gasteiger partial charge in [0.1, 0.15) is 36.6 Å². The van der Waals surface area contributed by atoms with Crippen LogP contribution in [0.15, 0.2) is 152 Å². The lowest BCUT2D eigenvalue weighted by Crippen LogP contribution is -2.66. The van der Waals surface area contributed by atoms with E-state index < -0.39 is 36.6 Å². The minimum Gasteiger partial charge on any atom is -0.387 e. The number of rotatable bonds is 15. The van der Waals surface area contributed by atoms with Crippen molar-refractivity contribution in [2.45, 2.75) is 69.7 Å². The van der Waals surface area contributed by atoms with Gasteiger partial charge in [-0.3, -0.25) is 0 Å². The summed E-state index contributed by atoms with van der Waals surface area (Å²) in [5, 5.41) is 12.2. The van der Waals surface area contributed by atoms with Gasteiger partial charge in [-0.15, -0.1) is 0 Å². The maximum absolute atomic E-state index is 12.2. The van der Waals surface area contributed by atoms with Crippen LogP contribution in [-0.2, 0) is 56.7 Å². The van der Waals surface area contributed by atoms with Gasteiger partial charge in [0.2, 0.25) is 0 Å². The van der Waals surface area contributed by atoms with E-state index in [4.69, 9.17) is 23.7 Å². The van der Waals surface area contributed by atoms with Crippen molar-refractivity contribution >= 4 is 0 Å². The second-order valence-electron chi connectivity index (χ2n) is 11.8. The fourth-order valence-electron chi connectivity index (χ4n) is 5.93. The molecule has 1 aliphatic carbocycles. The Morgan fingerprint density at radius 2 is 0.489 bits per heavy atom. The molecule has 1 N–H and O–H groups in total. The molecule has 6 nitrogen and oxygen atoms in total. The number of hydrogen-bond acceptors (Lipinski definition) is 6. The summed E-state index contributed by atoms with van der Waals surface area (Å²) >= 11 is 0. The lowest BCUT2D eigenvalue weighted by Gasteiger charge is -2.48. The van der Waals surface area contributed by atoms with E-state index in [1.807, 2.05) is 152 Å². The highest BCUT2D eigenvalue weighted by atomic mass is 16.6. The Morgan fingerprint density at radius 1 is 0.298 bits per heavy atom. The number of aliphatic hydroxyl groups excluding tert-OH is 1. The Bertz CT molecular complexity index is 1470. The Kier molecular flexibility index (Phi) is 12.0. The SMILES string of the molecule is OC1[C@@H](OCc2ccccc2)[C@H](OCc2ccccc2)C(OCc2ccccc2)[C@H](OCc2ccccc2)[C@H]1OCc1ccccc1. The van der Waals surface area contributed by atoms with Gasteiger partial charge in [0.25, 0.3) is 0 Å². The molecule has 6 atom stereocenters. The predicted octanol–water partition coefficient (Wildman–Crippen LogP) is 7.29. The zero-order valence-electron chi connectivity index (χ0n) is 26.4. The summed E-state index contributed by atoms with van der Waals surface area (Å²) in [6.07, 6.45) is -4.58. The fraction of sp³-hybridized carbons (Fsp3) is 0.268. The summed E-state index contributed by atoms with van der Waals surface area (Å²) in [6.45, 7) is 1.54. The third kappa shape index (κ3) is 9.24. The molecule has 242 valence electrons. The van der Waals surface area contributed by atoms with Crippen molar-refractivity contribution in [1.29, 1.82) is 0 Å². The summed E-state index contributed by atoms with van der Waals surface area (Å²) in [7, 11) is 0. The summed E-state index contributed by atoms with van der Waals surface area (Å²) in [6, 6.07) is 49.9. The average Bonchev–Trinajstić information content (AvgIpc) is 3.14. The number of aliphatic hydroxyl groups is 1.